The lowest BCUT2D eigenvalue weighted by atomic mass is 9.95. The molecule has 152 valence electrons. The Morgan fingerprint density at radius 2 is 1.74 bits per heavy atom. The van der Waals surface area contributed by atoms with Crippen LogP contribution in [0.15, 0.2) is 79.3 Å². The lowest BCUT2D eigenvalue weighted by Crippen LogP contribution is -2.02. The van der Waals surface area contributed by atoms with Gasteiger partial charge in [-0.15, -0.1) is 0 Å². The van der Waals surface area contributed by atoms with E-state index in [1.165, 1.54) is 6.07 Å². The van der Waals surface area contributed by atoms with Gasteiger partial charge in [-0.1, -0.05) is 18.2 Å². The summed E-state index contributed by atoms with van der Waals surface area (Å²) in [5, 5.41) is 11.8. The second-order valence-corrected chi connectivity index (χ2v) is 7.01. The first-order valence-corrected chi connectivity index (χ1v) is 9.87. The Hall–Kier alpha value is -3.90. The van der Waals surface area contributed by atoms with Gasteiger partial charge in [-0.25, -0.2) is 14.4 Å². The summed E-state index contributed by atoms with van der Waals surface area (Å²) in [6, 6.07) is 18.0. The highest BCUT2D eigenvalue weighted by Crippen LogP contribution is 2.38. The zero-order chi connectivity index (χ0) is 21.2. The molecular formula is C25H18FN3O2. The summed E-state index contributed by atoms with van der Waals surface area (Å²) in [4.78, 5) is 13.3. The lowest BCUT2D eigenvalue weighted by molar-refractivity contribution is 0.203. The second-order valence-electron chi connectivity index (χ2n) is 7.01. The molecule has 6 heteroatoms. The monoisotopic (exact) mass is 411 g/mol. The van der Waals surface area contributed by atoms with Crippen molar-refractivity contribution in [3.05, 3.63) is 85.1 Å². The molecule has 0 saturated carbocycles. The molecule has 0 unspecified atom stereocenters. The molecule has 31 heavy (non-hydrogen) atoms. The number of halogens is 1. The van der Waals surface area contributed by atoms with Crippen molar-refractivity contribution in [1.82, 2.24) is 15.0 Å². The van der Waals surface area contributed by atoms with Crippen molar-refractivity contribution in [2.24, 2.45) is 0 Å². The highest BCUT2D eigenvalue weighted by Gasteiger charge is 2.16. The highest BCUT2D eigenvalue weighted by molar-refractivity contribution is 6.06. The second kappa shape index (κ2) is 8.08. The first-order valence-electron chi connectivity index (χ1n) is 9.87. The topological polar surface area (TPSA) is 68.1 Å². The van der Waals surface area contributed by atoms with Crippen LogP contribution in [0.4, 0.5) is 4.39 Å². The van der Waals surface area contributed by atoms with Crippen LogP contribution in [0.5, 0.6) is 5.75 Å². The van der Waals surface area contributed by atoms with Crippen LogP contribution in [-0.4, -0.2) is 33.3 Å². The van der Waals surface area contributed by atoms with Crippen LogP contribution in [0.2, 0.25) is 0 Å². The van der Waals surface area contributed by atoms with E-state index in [1.54, 1.807) is 36.8 Å². The number of hydrogen-bond acceptors (Lipinski definition) is 5. The minimum Gasteiger partial charge on any atom is -0.490 e. The van der Waals surface area contributed by atoms with Gasteiger partial charge in [-0.05, 0) is 59.0 Å². The number of pyridine rings is 3. The Balaban J connectivity index is 1.79. The molecule has 5 nitrogen and oxygen atoms in total. The standard InChI is InChI=1S/C25H18FN3O2/c26-22-6-2-1-4-19(22)23-14-20(18-5-3-10-28-25(18)29-23)16-7-8-24(31-13-12-30)21-15-27-11-9-17(16)21/h1-11,14-15,30H,12-13H2. The molecule has 0 bridgehead atoms. The lowest BCUT2D eigenvalue weighted by Gasteiger charge is -2.14. The van der Waals surface area contributed by atoms with E-state index in [0.29, 0.717) is 22.7 Å². The van der Waals surface area contributed by atoms with Gasteiger partial charge in [-0.2, -0.15) is 0 Å². The Morgan fingerprint density at radius 3 is 2.61 bits per heavy atom. The highest BCUT2D eigenvalue weighted by atomic mass is 19.1. The number of rotatable bonds is 5. The maximum Gasteiger partial charge on any atom is 0.160 e. The fraction of sp³-hybridized carbons (Fsp3) is 0.0800. The van der Waals surface area contributed by atoms with Gasteiger partial charge in [0.15, 0.2) is 5.65 Å². The van der Waals surface area contributed by atoms with Crippen molar-refractivity contribution in [3.8, 4) is 28.1 Å². The molecule has 0 aliphatic carbocycles. The van der Waals surface area contributed by atoms with Gasteiger partial charge in [0.2, 0.25) is 0 Å². The van der Waals surface area contributed by atoms with Crippen molar-refractivity contribution < 1.29 is 14.2 Å². The summed E-state index contributed by atoms with van der Waals surface area (Å²) in [7, 11) is 0. The maximum atomic E-state index is 14.5. The first-order chi connectivity index (χ1) is 15.3. The van der Waals surface area contributed by atoms with Gasteiger partial charge in [0, 0.05) is 34.9 Å². The smallest absolute Gasteiger partial charge is 0.160 e. The molecule has 0 fully saturated rings. The van der Waals surface area contributed by atoms with Crippen LogP contribution >= 0.6 is 0 Å². The number of ether oxygens (including phenoxy) is 1. The van der Waals surface area contributed by atoms with E-state index >= 15 is 0 Å². The minimum absolute atomic E-state index is 0.0732. The van der Waals surface area contributed by atoms with Gasteiger partial charge in [0.05, 0.1) is 12.3 Å². The summed E-state index contributed by atoms with van der Waals surface area (Å²) in [5.74, 6) is 0.310. The molecule has 5 aromatic rings. The van der Waals surface area contributed by atoms with E-state index in [2.05, 4.69) is 15.0 Å². The van der Waals surface area contributed by atoms with E-state index < -0.39 is 0 Å². The average molecular weight is 411 g/mol. The number of aliphatic hydroxyl groups is 1. The molecule has 0 aliphatic heterocycles. The van der Waals surface area contributed by atoms with Crippen LogP contribution in [0.3, 0.4) is 0 Å². The quantitative estimate of drug-likeness (QED) is 0.440. The Labute approximate surface area is 177 Å². The first kappa shape index (κ1) is 19.1. The van der Waals surface area contributed by atoms with Crippen molar-refractivity contribution in [2.45, 2.75) is 0 Å². The van der Waals surface area contributed by atoms with Crippen molar-refractivity contribution in [1.29, 1.82) is 0 Å². The predicted octanol–water partition coefficient (Wildman–Crippen LogP) is 5.02. The number of fused-ring (bicyclic) bond motifs is 2. The van der Waals surface area contributed by atoms with E-state index in [1.807, 2.05) is 36.4 Å². The molecule has 5 rings (SSSR count). The zero-order valence-electron chi connectivity index (χ0n) is 16.5. The van der Waals surface area contributed by atoms with Gasteiger partial charge >= 0.3 is 0 Å². The van der Waals surface area contributed by atoms with Crippen LogP contribution in [0.25, 0.3) is 44.2 Å². The SMILES string of the molecule is OCCOc1ccc(-c2cc(-c3ccccc3F)nc3ncccc23)c2ccncc12. The van der Waals surface area contributed by atoms with E-state index in [9.17, 15) is 4.39 Å². The van der Waals surface area contributed by atoms with Gasteiger partial charge in [0.1, 0.15) is 18.2 Å². The van der Waals surface area contributed by atoms with Crippen molar-refractivity contribution in [3.63, 3.8) is 0 Å². The summed E-state index contributed by atoms with van der Waals surface area (Å²) in [6.07, 6.45) is 5.14. The van der Waals surface area contributed by atoms with Crippen molar-refractivity contribution in [2.75, 3.05) is 13.2 Å². The number of aromatic nitrogens is 3. The Kier molecular flexibility index (Phi) is 4.98. The van der Waals surface area contributed by atoms with Crippen LogP contribution < -0.4 is 4.74 Å². The van der Waals surface area contributed by atoms with Gasteiger partial charge in [0.25, 0.3) is 0 Å². The van der Waals surface area contributed by atoms with Crippen molar-refractivity contribution >= 4 is 21.8 Å². The average Bonchev–Trinajstić information content (AvgIpc) is 2.82. The fourth-order valence-corrected chi connectivity index (χ4v) is 3.77. The number of nitrogens with zero attached hydrogens (tertiary/aromatic N) is 3. The third-order valence-electron chi connectivity index (χ3n) is 5.15. The third kappa shape index (κ3) is 3.47. The minimum atomic E-state index is -0.335. The largest absolute Gasteiger partial charge is 0.490 e. The maximum absolute atomic E-state index is 14.5. The fourth-order valence-electron chi connectivity index (χ4n) is 3.77. The van der Waals surface area contributed by atoms with Gasteiger partial charge < -0.3 is 9.84 Å². The van der Waals surface area contributed by atoms with Crippen LogP contribution in [0.1, 0.15) is 0 Å². The summed E-state index contributed by atoms with van der Waals surface area (Å²) < 4.78 is 20.2. The summed E-state index contributed by atoms with van der Waals surface area (Å²) >= 11 is 0. The number of benzene rings is 2. The Bertz CT molecular complexity index is 1400. The molecule has 0 aliphatic rings. The van der Waals surface area contributed by atoms with E-state index in [4.69, 9.17) is 9.84 Å². The molecule has 2 aromatic carbocycles. The summed E-state index contributed by atoms with van der Waals surface area (Å²) in [5.41, 5.74) is 3.31. The number of hydrogen-bond donors (Lipinski definition) is 1. The van der Waals surface area contributed by atoms with Gasteiger partial charge in [-0.3, -0.25) is 4.98 Å². The number of aliphatic hydroxyl groups excluding tert-OH is 1. The molecule has 0 saturated heterocycles. The van der Waals surface area contributed by atoms with Crippen LogP contribution in [0, 0.1) is 5.82 Å². The molecular weight excluding hydrogens is 393 g/mol. The molecule has 0 spiro atoms. The van der Waals surface area contributed by atoms with Crippen LogP contribution in [-0.2, 0) is 0 Å². The summed E-state index contributed by atoms with van der Waals surface area (Å²) in [6.45, 7) is 0.124. The molecule has 0 atom stereocenters. The molecule has 1 N–H and O–H groups in total. The predicted molar refractivity (Wildman–Crippen MR) is 118 cm³/mol. The Morgan fingerprint density at radius 1 is 0.839 bits per heavy atom. The molecule has 0 radical (unpaired) electrons. The molecule has 3 aromatic heterocycles. The zero-order valence-corrected chi connectivity index (χ0v) is 16.5. The van der Waals surface area contributed by atoms with E-state index in [-0.39, 0.29) is 19.0 Å². The van der Waals surface area contributed by atoms with E-state index in [0.717, 1.165) is 27.3 Å². The third-order valence-corrected chi connectivity index (χ3v) is 5.15. The molecule has 3 heterocycles. The molecule has 0 amide bonds. The normalized spacial score (nSPS) is 11.2.